The third-order valence-electron chi connectivity index (χ3n) is 1.04. The lowest BCUT2D eigenvalue weighted by Crippen LogP contribution is -2.20. The van der Waals surface area contributed by atoms with Crippen molar-refractivity contribution in [2.24, 2.45) is 0 Å². The molecule has 0 aliphatic heterocycles. The minimum Gasteiger partial charge on any atom is -0.295 e. The van der Waals surface area contributed by atoms with Crippen LogP contribution >= 0.6 is 12.6 Å². The Bertz CT molecular complexity index is 163. The summed E-state index contributed by atoms with van der Waals surface area (Å²) in [7, 11) is 0. The van der Waals surface area contributed by atoms with E-state index >= 15 is 0 Å². The smallest absolute Gasteiger partial charge is 0.240 e. The largest absolute Gasteiger partial charge is 0.295 e. The summed E-state index contributed by atoms with van der Waals surface area (Å²) < 4.78 is 0. The normalized spacial score (nSPS) is 11.2. The van der Waals surface area contributed by atoms with Crippen molar-refractivity contribution in [3.05, 3.63) is 24.6 Å². The van der Waals surface area contributed by atoms with Gasteiger partial charge in [-0.2, -0.15) is 12.6 Å². The predicted molar refractivity (Wildman–Crippen MR) is 50.3 cm³/mol. The number of carbonyl (C=O) groups excluding carboxylic acids is 1. The first kappa shape index (κ1) is 10.3. The van der Waals surface area contributed by atoms with Gasteiger partial charge in [-0.3, -0.25) is 9.69 Å². The van der Waals surface area contributed by atoms with Crippen LogP contribution in [0.2, 0.25) is 0 Å². The Morgan fingerprint density at radius 2 is 1.82 bits per heavy atom. The van der Waals surface area contributed by atoms with E-state index < -0.39 is 0 Å². The molecule has 0 aliphatic rings. The molecule has 0 saturated carbocycles. The van der Waals surface area contributed by atoms with Gasteiger partial charge < -0.3 is 0 Å². The number of hydrogen-bond acceptors (Lipinski definition) is 2. The van der Waals surface area contributed by atoms with Crippen LogP contribution in [0.25, 0.3) is 0 Å². The maximum absolute atomic E-state index is 11.0. The van der Waals surface area contributed by atoms with Crippen LogP contribution in [0.4, 0.5) is 0 Å². The molecule has 2 nitrogen and oxygen atoms in total. The SMILES string of the molecule is C/C=C\N(/C=C\C)C(=O)CS. The summed E-state index contributed by atoms with van der Waals surface area (Å²) in [4.78, 5) is 12.5. The van der Waals surface area contributed by atoms with Gasteiger partial charge in [0, 0.05) is 12.4 Å². The van der Waals surface area contributed by atoms with E-state index in [1.54, 1.807) is 24.6 Å². The molecule has 0 atom stereocenters. The maximum atomic E-state index is 11.0. The Hall–Kier alpha value is -0.700. The minimum absolute atomic E-state index is 0.0236. The van der Waals surface area contributed by atoms with Crippen LogP contribution in [-0.2, 0) is 4.79 Å². The van der Waals surface area contributed by atoms with Crippen molar-refractivity contribution in [1.82, 2.24) is 4.90 Å². The van der Waals surface area contributed by atoms with E-state index in [0.29, 0.717) is 0 Å². The minimum atomic E-state index is -0.0236. The third-order valence-corrected chi connectivity index (χ3v) is 1.31. The number of rotatable bonds is 3. The molecule has 0 heterocycles. The Balaban J connectivity index is 4.20. The maximum Gasteiger partial charge on any atom is 0.240 e. The van der Waals surface area contributed by atoms with Crippen molar-refractivity contribution < 1.29 is 4.79 Å². The van der Waals surface area contributed by atoms with Gasteiger partial charge in [0.2, 0.25) is 5.91 Å². The second-order valence-corrected chi connectivity index (χ2v) is 2.24. The van der Waals surface area contributed by atoms with Crippen LogP contribution in [-0.4, -0.2) is 16.6 Å². The van der Waals surface area contributed by atoms with E-state index in [-0.39, 0.29) is 11.7 Å². The van der Waals surface area contributed by atoms with Crippen LogP contribution in [0.15, 0.2) is 24.6 Å². The summed E-state index contributed by atoms with van der Waals surface area (Å²) >= 11 is 3.88. The zero-order chi connectivity index (χ0) is 8.69. The fourth-order valence-corrected chi connectivity index (χ4v) is 0.782. The summed E-state index contributed by atoms with van der Waals surface area (Å²) in [6, 6.07) is 0. The molecule has 0 aliphatic carbocycles. The van der Waals surface area contributed by atoms with Gasteiger partial charge in [0.15, 0.2) is 0 Å². The molecule has 0 spiro atoms. The summed E-state index contributed by atoms with van der Waals surface area (Å²) in [5, 5.41) is 0. The molecule has 62 valence electrons. The average molecular weight is 171 g/mol. The highest BCUT2D eigenvalue weighted by atomic mass is 32.1. The topological polar surface area (TPSA) is 20.3 Å². The summed E-state index contributed by atoms with van der Waals surface area (Å²) in [5.74, 6) is 0.207. The molecule has 0 N–H and O–H groups in total. The quantitative estimate of drug-likeness (QED) is 0.642. The fraction of sp³-hybridized carbons (Fsp3) is 0.375. The molecule has 11 heavy (non-hydrogen) atoms. The van der Waals surface area contributed by atoms with Gasteiger partial charge in [-0.1, -0.05) is 12.2 Å². The summed E-state index contributed by atoms with van der Waals surface area (Å²) in [6.45, 7) is 3.73. The molecule has 0 rings (SSSR count). The molecule has 0 aromatic heterocycles. The molecule has 0 aromatic rings. The number of carbonyl (C=O) groups is 1. The van der Waals surface area contributed by atoms with Crippen LogP contribution < -0.4 is 0 Å². The monoisotopic (exact) mass is 171 g/mol. The first-order chi connectivity index (χ1) is 5.26. The zero-order valence-electron chi connectivity index (χ0n) is 6.82. The Morgan fingerprint density at radius 3 is 2.09 bits per heavy atom. The van der Waals surface area contributed by atoms with Crippen molar-refractivity contribution in [2.45, 2.75) is 13.8 Å². The number of nitrogens with zero attached hydrogens (tertiary/aromatic N) is 1. The Labute approximate surface area is 73.0 Å². The lowest BCUT2D eigenvalue weighted by atomic mass is 10.5. The second-order valence-electron chi connectivity index (χ2n) is 1.92. The van der Waals surface area contributed by atoms with Crippen molar-refractivity contribution in [3.63, 3.8) is 0 Å². The lowest BCUT2D eigenvalue weighted by molar-refractivity contribution is -0.123. The standard InChI is InChI=1S/C8H13NOS/c1-3-5-9(6-4-2)8(10)7-11/h3-6,11H,7H2,1-2H3/b5-3-,6-4-. The number of allylic oxidation sites excluding steroid dienone is 2. The Morgan fingerprint density at radius 1 is 1.36 bits per heavy atom. The fourth-order valence-electron chi connectivity index (χ4n) is 0.619. The summed E-state index contributed by atoms with van der Waals surface area (Å²) in [6.07, 6.45) is 7.03. The second kappa shape index (κ2) is 6.04. The van der Waals surface area contributed by atoms with E-state index in [9.17, 15) is 4.79 Å². The highest BCUT2D eigenvalue weighted by Crippen LogP contribution is 1.94. The van der Waals surface area contributed by atoms with E-state index in [0.717, 1.165) is 0 Å². The molecule has 0 saturated heterocycles. The van der Waals surface area contributed by atoms with E-state index in [1.165, 1.54) is 4.90 Å². The van der Waals surface area contributed by atoms with E-state index in [4.69, 9.17) is 0 Å². The van der Waals surface area contributed by atoms with Gasteiger partial charge in [-0.25, -0.2) is 0 Å². The highest BCUT2D eigenvalue weighted by molar-refractivity contribution is 7.81. The molecule has 3 heteroatoms. The molecule has 0 unspecified atom stereocenters. The van der Waals surface area contributed by atoms with Crippen LogP contribution in [0, 0.1) is 0 Å². The van der Waals surface area contributed by atoms with Gasteiger partial charge >= 0.3 is 0 Å². The Kier molecular flexibility index (Phi) is 5.65. The first-order valence-electron chi connectivity index (χ1n) is 3.44. The lowest BCUT2D eigenvalue weighted by Gasteiger charge is -2.10. The average Bonchev–Trinajstić information content (AvgIpc) is 2.03. The molecule has 0 bridgehead atoms. The van der Waals surface area contributed by atoms with E-state index in [2.05, 4.69) is 12.6 Å². The van der Waals surface area contributed by atoms with Crippen molar-refractivity contribution >= 4 is 18.5 Å². The van der Waals surface area contributed by atoms with Crippen molar-refractivity contribution in [3.8, 4) is 0 Å². The van der Waals surface area contributed by atoms with Gasteiger partial charge in [0.25, 0.3) is 0 Å². The van der Waals surface area contributed by atoms with Crippen molar-refractivity contribution in [2.75, 3.05) is 5.75 Å². The van der Waals surface area contributed by atoms with E-state index in [1.807, 2.05) is 13.8 Å². The molecule has 0 radical (unpaired) electrons. The molecular weight excluding hydrogens is 158 g/mol. The number of thiol groups is 1. The molecule has 0 aromatic carbocycles. The van der Waals surface area contributed by atoms with Crippen molar-refractivity contribution in [1.29, 1.82) is 0 Å². The number of hydrogen-bond donors (Lipinski definition) is 1. The zero-order valence-corrected chi connectivity index (χ0v) is 7.71. The van der Waals surface area contributed by atoms with Gasteiger partial charge in [-0.15, -0.1) is 0 Å². The molecular formula is C8H13NOS. The van der Waals surface area contributed by atoms with Crippen LogP contribution in [0.5, 0.6) is 0 Å². The van der Waals surface area contributed by atoms with Crippen LogP contribution in [0.1, 0.15) is 13.8 Å². The first-order valence-corrected chi connectivity index (χ1v) is 4.07. The van der Waals surface area contributed by atoms with Gasteiger partial charge in [-0.05, 0) is 13.8 Å². The number of amides is 1. The predicted octanol–water partition coefficient (Wildman–Crippen LogP) is 1.81. The molecule has 1 amide bonds. The van der Waals surface area contributed by atoms with Crippen LogP contribution in [0.3, 0.4) is 0 Å². The molecule has 0 fully saturated rings. The summed E-state index contributed by atoms with van der Waals surface area (Å²) in [5.41, 5.74) is 0. The highest BCUT2D eigenvalue weighted by Gasteiger charge is 2.02. The van der Waals surface area contributed by atoms with Gasteiger partial charge in [0.05, 0.1) is 5.75 Å². The van der Waals surface area contributed by atoms with Gasteiger partial charge in [0.1, 0.15) is 0 Å². The third kappa shape index (κ3) is 3.88.